The fourth-order valence-electron chi connectivity index (χ4n) is 3.09. The monoisotopic (exact) mass is 398 g/mol. The van der Waals surface area contributed by atoms with Crippen LogP contribution < -0.4 is 14.8 Å². The molecule has 0 aliphatic carbocycles. The lowest BCUT2D eigenvalue weighted by Gasteiger charge is -2.36. The zero-order valence-corrected chi connectivity index (χ0v) is 17.0. The maximum absolute atomic E-state index is 6.64. The van der Waals surface area contributed by atoms with Gasteiger partial charge in [0.05, 0.1) is 19.2 Å². The Balaban J connectivity index is 0.00000264. The number of unbranched alkanes of at least 4 members (excludes halogenated alkanes) is 1. The summed E-state index contributed by atoms with van der Waals surface area (Å²) in [5, 5.41) is 4.10. The van der Waals surface area contributed by atoms with Gasteiger partial charge in [-0.15, -0.1) is 24.8 Å². The van der Waals surface area contributed by atoms with Gasteiger partial charge in [0.1, 0.15) is 0 Å². The van der Waals surface area contributed by atoms with Crippen LogP contribution in [0.25, 0.3) is 0 Å². The van der Waals surface area contributed by atoms with Crippen molar-refractivity contribution >= 4 is 36.4 Å². The zero-order chi connectivity index (χ0) is 15.9. The van der Waals surface area contributed by atoms with Crippen molar-refractivity contribution < 1.29 is 9.47 Å². The molecule has 1 atom stereocenters. The van der Waals surface area contributed by atoms with Gasteiger partial charge in [0.25, 0.3) is 0 Å². The molecule has 0 saturated carbocycles. The summed E-state index contributed by atoms with van der Waals surface area (Å²) in [6.07, 6.45) is 3.50. The smallest absolute Gasteiger partial charge is 0.179 e. The molecule has 4 nitrogen and oxygen atoms in total. The van der Waals surface area contributed by atoms with Gasteiger partial charge in [-0.1, -0.05) is 37.4 Å². The van der Waals surface area contributed by atoms with Crippen LogP contribution in [0.5, 0.6) is 11.5 Å². The van der Waals surface area contributed by atoms with E-state index in [1.54, 1.807) is 14.2 Å². The van der Waals surface area contributed by atoms with Gasteiger partial charge in [0, 0.05) is 32.2 Å². The van der Waals surface area contributed by atoms with Gasteiger partial charge >= 0.3 is 0 Å². The van der Waals surface area contributed by atoms with Crippen LogP contribution in [0.1, 0.15) is 37.8 Å². The fourth-order valence-corrected chi connectivity index (χ4v) is 3.45. The molecule has 0 unspecified atom stereocenters. The second-order valence-electron chi connectivity index (χ2n) is 5.65. The van der Waals surface area contributed by atoms with E-state index in [1.807, 2.05) is 6.07 Å². The van der Waals surface area contributed by atoms with Gasteiger partial charge in [-0.2, -0.15) is 0 Å². The standard InChI is InChI=1S/C17H27ClN2O2.2ClH/c1-4-5-6-14(20-11-9-19-10-12-20)13-7-8-15(21-2)17(22-3)16(13)18;;/h7-8,14,19H,4-6,9-12H2,1-3H3;2*1H/t14-;;/m1../s1. The minimum absolute atomic E-state index is 0. The van der Waals surface area contributed by atoms with Crippen molar-refractivity contribution in [2.45, 2.75) is 32.2 Å². The Bertz CT molecular complexity index is 483. The molecule has 1 aromatic rings. The van der Waals surface area contributed by atoms with Crippen LogP contribution in [-0.4, -0.2) is 45.3 Å². The van der Waals surface area contributed by atoms with Crippen LogP contribution in [0.3, 0.4) is 0 Å². The number of hydrogen-bond donors (Lipinski definition) is 1. The Morgan fingerprint density at radius 2 is 1.83 bits per heavy atom. The minimum Gasteiger partial charge on any atom is -0.493 e. The average molecular weight is 400 g/mol. The summed E-state index contributed by atoms with van der Waals surface area (Å²) in [5.41, 5.74) is 1.15. The van der Waals surface area contributed by atoms with Crippen molar-refractivity contribution in [2.75, 3.05) is 40.4 Å². The Morgan fingerprint density at radius 3 is 2.38 bits per heavy atom. The predicted octanol–water partition coefficient (Wildman–Crippen LogP) is 4.34. The van der Waals surface area contributed by atoms with E-state index in [2.05, 4.69) is 23.2 Å². The van der Waals surface area contributed by atoms with Crippen molar-refractivity contribution in [3.63, 3.8) is 0 Å². The molecule has 0 amide bonds. The lowest BCUT2D eigenvalue weighted by molar-refractivity contribution is 0.163. The molecule has 140 valence electrons. The fraction of sp³-hybridized carbons (Fsp3) is 0.647. The lowest BCUT2D eigenvalue weighted by atomic mass is 9.98. The highest BCUT2D eigenvalue weighted by Gasteiger charge is 2.26. The van der Waals surface area contributed by atoms with Gasteiger partial charge in [-0.3, -0.25) is 4.90 Å². The lowest BCUT2D eigenvalue weighted by Crippen LogP contribution is -2.45. The first-order chi connectivity index (χ1) is 10.7. The second kappa shape index (κ2) is 12.0. The van der Waals surface area contributed by atoms with Crippen LogP contribution in [0, 0.1) is 0 Å². The maximum Gasteiger partial charge on any atom is 0.179 e. The van der Waals surface area contributed by atoms with E-state index in [4.69, 9.17) is 21.1 Å². The van der Waals surface area contributed by atoms with Crippen molar-refractivity contribution in [1.29, 1.82) is 0 Å². The SMILES string of the molecule is CCCC[C@H](c1ccc(OC)c(OC)c1Cl)N1CCNCC1.Cl.Cl. The molecule has 0 spiro atoms. The van der Waals surface area contributed by atoms with Gasteiger partial charge in [-0.25, -0.2) is 0 Å². The van der Waals surface area contributed by atoms with Crippen molar-refractivity contribution in [3.8, 4) is 11.5 Å². The molecule has 1 aliphatic rings. The third-order valence-electron chi connectivity index (χ3n) is 4.30. The average Bonchev–Trinajstić information content (AvgIpc) is 2.57. The number of benzene rings is 1. The van der Waals surface area contributed by atoms with E-state index >= 15 is 0 Å². The van der Waals surface area contributed by atoms with Crippen LogP contribution in [0.15, 0.2) is 12.1 Å². The molecule has 2 rings (SSSR count). The Labute approximate surface area is 163 Å². The molecule has 1 saturated heterocycles. The van der Waals surface area contributed by atoms with Gasteiger partial charge in [0.15, 0.2) is 11.5 Å². The Morgan fingerprint density at radius 1 is 1.17 bits per heavy atom. The summed E-state index contributed by atoms with van der Waals surface area (Å²) in [5.74, 6) is 1.32. The van der Waals surface area contributed by atoms with E-state index < -0.39 is 0 Å². The highest BCUT2D eigenvalue weighted by atomic mass is 35.5. The van der Waals surface area contributed by atoms with Crippen molar-refractivity contribution in [2.24, 2.45) is 0 Å². The number of rotatable bonds is 7. The van der Waals surface area contributed by atoms with Crippen LogP contribution in [0.2, 0.25) is 5.02 Å². The van der Waals surface area contributed by atoms with Crippen LogP contribution in [-0.2, 0) is 0 Å². The highest BCUT2D eigenvalue weighted by molar-refractivity contribution is 6.33. The zero-order valence-electron chi connectivity index (χ0n) is 14.6. The number of halogens is 3. The molecule has 1 heterocycles. The number of hydrogen-bond acceptors (Lipinski definition) is 4. The normalized spacial score (nSPS) is 15.8. The molecular formula is C17H29Cl3N2O2. The highest BCUT2D eigenvalue weighted by Crippen LogP contribution is 2.42. The third-order valence-corrected chi connectivity index (χ3v) is 4.69. The van der Waals surface area contributed by atoms with Crippen molar-refractivity contribution in [1.82, 2.24) is 10.2 Å². The molecule has 0 bridgehead atoms. The molecular weight excluding hydrogens is 371 g/mol. The van der Waals surface area contributed by atoms with E-state index in [9.17, 15) is 0 Å². The molecule has 0 radical (unpaired) electrons. The Hall–Kier alpha value is -0.390. The van der Waals surface area contributed by atoms with E-state index in [-0.39, 0.29) is 24.8 Å². The van der Waals surface area contributed by atoms with Gasteiger partial charge in [-0.05, 0) is 18.1 Å². The molecule has 0 aromatic heterocycles. The topological polar surface area (TPSA) is 33.7 Å². The number of ether oxygens (including phenoxy) is 2. The summed E-state index contributed by atoms with van der Waals surface area (Å²) in [6, 6.07) is 4.39. The summed E-state index contributed by atoms with van der Waals surface area (Å²) < 4.78 is 10.8. The van der Waals surface area contributed by atoms with Crippen molar-refractivity contribution in [3.05, 3.63) is 22.7 Å². The maximum atomic E-state index is 6.64. The molecule has 1 fully saturated rings. The molecule has 24 heavy (non-hydrogen) atoms. The molecule has 1 N–H and O–H groups in total. The number of piperazine rings is 1. The van der Waals surface area contributed by atoms with Gasteiger partial charge < -0.3 is 14.8 Å². The third kappa shape index (κ3) is 5.57. The number of nitrogens with one attached hydrogen (secondary N) is 1. The Kier molecular flexibility index (Phi) is 11.8. The summed E-state index contributed by atoms with van der Waals surface area (Å²) in [6.45, 7) is 6.41. The summed E-state index contributed by atoms with van der Waals surface area (Å²) in [7, 11) is 3.28. The van der Waals surface area contributed by atoms with E-state index in [0.717, 1.165) is 38.2 Å². The summed E-state index contributed by atoms with van der Waals surface area (Å²) in [4.78, 5) is 2.53. The number of methoxy groups -OCH3 is 2. The first-order valence-electron chi connectivity index (χ1n) is 8.08. The minimum atomic E-state index is 0. The molecule has 1 aromatic carbocycles. The van der Waals surface area contributed by atoms with E-state index in [0.29, 0.717) is 22.6 Å². The largest absolute Gasteiger partial charge is 0.493 e. The summed E-state index contributed by atoms with van der Waals surface area (Å²) >= 11 is 6.64. The second-order valence-corrected chi connectivity index (χ2v) is 6.03. The first-order valence-corrected chi connectivity index (χ1v) is 8.45. The molecule has 7 heteroatoms. The van der Waals surface area contributed by atoms with Crippen LogP contribution in [0.4, 0.5) is 0 Å². The number of nitrogens with zero attached hydrogens (tertiary/aromatic N) is 1. The van der Waals surface area contributed by atoms with Gasteiger partial charge in [0.2, 0.25) is 0 Å². The van der Waals surface area contributed by atoms with Crippen LogP contribution >= 0.6 is 36.4 Å². The molecule has 1 aliphatic heterocycles. The first kappa shape index (κ1) is 23.6. The van der Waals surface area contributed by atoms with E-state index in [1.165, 1.54) is 12.8 Å². The quantitative estimate of drug-likeness (QED) is 0.739. The predicted molar refractivity (Wildman–Crippen MR) is 106 cm³/mol.